The highest BCUT2D eigenvalue weighted by Gasteiger charge is 2.33. The lowest BCUT2D eigenvalue weighted by molar-refractivity contribution is 0.0708. The van der Waals surface area contributed by atoms with Crippen LogP contribution in [0.15, 0.2) is 58.2 Å². The zero-order valence-corrected chi connectivity index (χ0v) is 18.8. The standard InChI is InChI=1S/C24H28N4O5/c1-3-32-24(31)27-11-9-26(10-12-27)22(18-6-4-8-25-15-18)21-20(29)14-17(2)28(23(21)30)16-19-7-5-13-33-19/h4-8,13-15,22,29H,3,9-12,16H2,1-2H3/t22-/m0/s1. The van der Waals surface area contributed by atoms with Crippen LogP contribution >= 0.6 is 0 Å². The van der Waals surface area contributed by atoms with Crippen LogP contribution in [0.25, 0.3) is 0 Å². The Hall–Kier alpha value is -3.59. The number of amides is 1. The fraction of sp³-hybridized carbons (Fsp3) is 0.375. The monoisotopic (exact) mass is 452 g/mol. The van der Waals surface area contributed by atoms with Gasteiger partial charge in [-0.15, -0.1) is 0 Å². The normalized spacial score (nSPS) is 15.4. The smallest absolute Gasteiger partial charge is 0.409 e. The fourth-order valence-electron chi connectivity index (χ4n) is 4.26. The van der Waals surface area contributed by atoms with Crippen molar-refractivity contribution in [3.8, 4) is 5.75 Å². The molecule has 4 rings (SSSR count). The number of hydrogen-bond donors (Lipinski definition) is 1. The molecular weight excluding hydrogens is 424 g/mol. The van der Waals surface area contributed by atoms with Gasteiger partial charge in [0.2, 0.25) is 0 Å². The molecule has 0 unspecified atom stereocenters. The summed E-state index contributed by atoms with van der Waals surface area (Å²) in [5.41, 5.74) is 1.42. The van der Waals surface area contributed by atoms with Gasteiger partial charge in [-0.25, -0.2) is 4.79 Å². The van der Waals surface area contributed by atoms with Gasteiger partial charge in [0.1, 0.15) is 11.5 Å². The number of ether oxygens (including phenoxy) is 1. The number of aryl methyl sites for hydroxylation is 1. The van der Waals surface area contributed by atoms with Gasteiger partial charge in [0, 0.05) is 44.3 Å². The maximum Gasteiger partial charge on any atom is 0.409 e. The predicted octanol–water partition coefficient (Wildman–Crippen LogP) is 2.76. The van der Waals surface area contributed by atoms with E-state index in [4.69, 9.17) is 9.15 Å². The largest absolute Gasteiger partial charge is 0.507 e. The Bertz CT molecular complexity index is 1140. The molecule has 1 fully saturated rings. The minimum absolute atomic E-state index is 0.0603. The third kappa shape index (κ3) is 4.78. The summed E-state index contributed by atoms with van der Waals surface area (Å²) in [5.74, 6) is 0.590. The number of piperazine rings is 1. The molecule has 1 N–H and O–H groups in total. The van der Waals surface area contributed by atoms with Crippen LogP contribution in [0, 0.1) is 6.92 Å². The van der Waals surface area contributed by atoms with E-state index >= 15 is 0 Å². The van der Waals surface area contributed by atoms with Gasteiger partial charge in [0.25, 0.3) is 5.56 Å². The van der Waals surface area contributed by atoms with Crippen molar-refractivity contribution in [2.45, 2.75) is 26.4 Å². The van der Waals surface area contributed by atoms with Crippen LogP contribution in [0.4, 0.5) is 4.79 Å². The number of aromatic hydroxyl groups is 1. The zero-order chi connectivity index (χ0) is 23.4. The third-order valence-electron chi connectivity index (χ3n) is 5.90. The van der Waals surface area contributed by atoms with E-state index in [0.717, 1.165) is 5.56 Å². The molecule has 1 aliphatic rings. The maximum atomic E-state index is 13.7. The predicted molar refractivity (Wildman–Crippen MR) is 121 cm³/mol. The van der Waals surface area contributed by atoms with Crippen molar-refractivity contribution in [1.29, 1.82) is 0 Å². The summed E-state index contributed by atoms with van der Waals surface area (Å²) >= 11 is 0. The molecule has 1 saturated heterocycles. The summed E-state index contributed by atoms with van der Waals surface area (Å²) < 4.78 is 12.2. The molecule has 0 aliphatic carbocycles. The Balaban J connectivity index is 1.72. The second-order valence-corrected chi connectivity index (χ2v) is 7.97. The molecule has 3 aromatic heterocycles. The van der Waals surface area contributed by atoms with Crippen LogP contribution in [0.2, 0.25) is 0 Å². The molecule has 1 amide bonds. The van der Waals surface area contributed by atoms with E-state index in [1.165, 1.54) is 0 Å². The highest BCUT2D eigenvalue weighted by Crippen LogP contribution is 2.33. The van der Waals surface area contributed by atoms with E-state index in [1.54, 1.807) is 54.1 Å². The Morgan fingerprint density at radius 3 is 2.67 bits per heavy atom. The number of carbonyl (C=O) groups is 1. The van der Waals surface area contributed by atoms with E-state index in [1.807, 2.05) is 18.2 Å². The molecule has 9 heteroatoms. The molecule has 1 aliphatic heterocycles. The molecular formula is C24H28N4O5. The molecule has 3 aromatic rings. The first kappa shape index (κ1) is 22.6. The highest BCUT2D eigenvalue weighted by atomic mass is 16.6. The minimum Gasteiger partial charge on any atom is -0.507 e. The number of hydrogen-bond acceptors (Lipinski definition) is 7. The summed E-state index contributed by atoms with van der Waals surface area (Å²) in [7, 11) is 0. The first-order chi connectivity index (χ1) is 16.0. The second-order valence-electron chi connectivity index (χ2n) is 7.97. The van der Waals surface area contributed by atoms with E-state index in [2.05, 4.69) is 9.88 Å². The topological polar surface area (TPSA) is 101 Å². The van der Waals surface area contributed by atoms with E-state index in [9.17, 15) is 14.7 Å². The molecule has 0 saturated carbocycles. The van der Waals surface area contributed by atoms with Crippen molar-refractivity contribution in [2.75, 3.05) is 32.8 Å². The van der Waals surface area contributed by atoms with Crippen LogP contribution < -0.4 is 5.56 Å². The Kier molecular flexibility index (Phi) is 6.79. The number of carbonyl (C=O) groups excluding carboxylic acids is 1. The number of nitrogens with zero attached hydrogens (tertiary/aromatic N) is 4. The molecule has 174 valence electrons. The number of furan rings is 1. The van der Waals surface area contributed by atoms with Crippen LogP contribution in [0.1, 0.15) is 35.5 Å². The summed E-state index contributed by atoms with van der Waals surface area (Å²) in [6, 6.07) is 8.38. The lowest BCUT2D eigenvalue weighted by atomic mass is 9.97. The SMILES string of the molecule is CCOC(=O)N1CCN([C@@H](c2cccnc2)c2c(O)cc(C)n(Cc3ccco3)c2=O)CC1. The number of rotatable bonds is 6. The van der Waals surface area contributed by atoms with Crippen LogP contribution in [-0.2, 0) is 11.3 Å². The Morgan fingerprint density at radius 2 is 2.03 bits per heavy atom. The van der Waals surface area contributed by atoms with Gasteiger partial charge < -0.3 is 23.7 Å². The van der Waals surface area contributed by atoms with Crippen LogP contribution in [0.5, 0.6) is 5.75 Å². The molecule has 0 aromatic carbocycles. The summed E-state index contributed by atoms with van der Waals surface area (Å²) in [6.45, 7) is 6.11. The zero-order valence-electron chi connectivity index (χ0n) is 18.8. The van der Waals surface area contributed by atoms with Gasteiger partial charge in [-0.2, -0.15) is 0 Å². The van der Waals surface area contributed by atoms with Gasteiger partial charge in [-0.1, -0.05) is 6.07 Å². The molecule has 0 spiro atoms. The fourth-order valence-corrected chi connectivity index (χ4v) is 4.26. The molecule has 0 bridgehead atoms. The first-order valence-electron chi connectivity index (χ1n) is 11.0. The van der Waals surface area contributed by atoms with Gasteiger partial charge >= 0.3 is 6.09 Å². The van der Waals surface area contributed by atoms with Gasteiger partial charge in [-0.3, -0.25) is 14.7 Å². The van der Waals surface area contributed by atoms with Crippen molar-refractivity contribution in [3.05, 3.63) is 81.9 Å². The van der Waals surface area contributed by atoms with Gasteiger partial charge in [0.15, 0.2) is 0 Å². The van der Waals surface area contributed by atoms with Crippen molar-refractivity contribution in [3.63, 3.8) is 0 Å². The van der Waals surface area contributed by atoms with Gasteiger partial charge in [0.05, 0.1) is 31.0 Å². The Labute approximate surface area is 191 Å². The Morgan fingerprint density at radius 1 is 1.24 bits per heavy atom. The first-order valence-corrected chi connectivity index (χ1v) is 11.0. The lowest BCUT2D eigenvalue weighted by Gasteiger charge is -2.39. The minimum atomic E-state index is -0.515. The molecule has 1 atom stereocenters. The van der Waals surface area contributed by atoms with Gasteiger partial charge in [-0.05, 0) is 43.7 Å². The molecule has 0 radical (unpaired) electrons. The van der Waals surface area contributed by atoms with E-state index in [0.29, 0.717) is 44.2 Å². The summed E-state index contributed by atoms with van der Waals surface area (Å²) in [6.07, 6.45) is 4.61. The average Bonchev–Trinajstić information content (AvgIpc) is 3.34. The average molecular weight is 453 g/mol. The number of pyridine rings is 2. The molecule has 9 nitrogen and oxygen atoms in total. The molecule has 33 heavy (non-hydrogen) atoms. The molecule has 4 heterocycles. The third-order valence-corrected chi connectivity index (χ3v) is 5.90. The van der Waals surface area contributed by atoms with E-state index in [-0.39, 0.29) is 29.5 Å². The van der Waals surface area contributed by atoms with E-state index < -0.39 is 6.04 Å². The summed E-state index contributed by atoms with van der Waals surface area (Å²) in [5, 5.41) is 10.9. The highest BCUT2D eigenvalue weighted by molar-refractivity contribution is 5.67. The quantitative estimate of drug-likeness (QED) is 0.614. The number of aromatic nitrogens is 2. The lowest BCUT2D eigenvalue weighted by Crippen LogP contribution is -2.50. The van der Waals surface area contributed by atoms with Crippen molar-refractivity contribution in [2.24, 2.45) is 0 Å². The van der Waals surface area contributed by atoms with Crippen LogP contribution in [-0.4, -0.2) is 63.3 Å². The van der Waals surface area contributed by atoms with Crippen molar-refractivity contribution >= 4 is 6.09 Å². The van der Waals surface area contributed by atoms with Crippen molar-refractivity contribution in [1.82, 2.24) is 19.4 Å². The van der Waals surface area contributed by atoms with Crippen molar-refractivity contribution < 1.29 is 19.1 Å². The second kappa shape index (κ2) is 9.91. The summed E-state index contributed by atoms with van der Waals surface area (Å²) in [4.78, 5) is 33.8. The maximum absolute atomic E-state index is 13.7. The van der Waals surface area contributed by atoms with Crippen LogP contribution in [0.3, 0.4) is 0 Å².